The molecule has 0 aliphatic heterocycles. The van der Waals surface area contributed by atoms with Gasteiger partial charge in [-0.15, -0.1) is 0 Å². The number of hydrogen-bond donors (Lipinski definition) is 1. The average molecular weight is 239 g/mol. The molecule has 5 nitrogen and oxygen atoms in total. The molecule has 0 fully saturated rings. The van der Waals surface area contributed by atoms with Crippen LogP contribution < -0.4 is 5.32 Å². The van der Waals surface area contributed by atoms with Crippen molar-refractivity contribution >= 4 is 0 Å². The lowest BCUT2D eigenvalue weighted by atomic mass is 10.4. The number of aromatic nitrogens is 2. The van der Waals surface area contributed by atoms with Crippen molar-refractivity contribution in [3.63, 3.8) is 0 Å². The van der Waals surface area contributed by atoms with E-state index in [0.29, 0.717) is 0 Å². The number of likely N-dealkylation sites (N-methyl/N-ethyl adjacent to an activating group) is 2. The van der Waals surface area contributed by atoms with E-state index in [4.69, 9.17) is 0 Å². The van der Waals surface area contributed by atoms with Crippen LogP contribution in [0.5, 0.6) is 0 Å². The number of imidazole rings is 1. The van der Waals surface area contributed by atoms with Crippen LogP contribution in [0.1, 0.15) is 5.82 Å². The standard InChI is InChI=1S/C12H25N5/c1-15(2)8-5-13-6-9-16(3)11-12-14-7-10-17(12)4/h7,10,13H,5-6,8-9,11H2,1-4H3. The van der Waals surface area contributed by atoms with Crippen LogP contribution in [-0.4, -0.2) is 66.7 Å². The topological polar surface area (TPSA) is 36.3 Å². The number of hydrogen-bond acceptors (Lipinski definition) is 4. The van der Waals surface area contributed by atoms with Gasteiger partial charge in [-0.05, 0) is 21.1 Å². The quantitative estimate of drug-likeness (QED) is 0.648. The largest absolute Gasteiger partial charge is 0.337 e. The first-order chi connectivity index (χ1) is 8.09. The molecular weight excluding hydrogens is 214 g/mol. The van der Waals surface area contributed by atoms with E-state index in [1.807, 2.05) is 19.4 Å². The maximum Gasteiger partial charge on any atom is 0.122 e. The number of nitrogens with zero attached hydrogens (tertiary/aromatic N) is 4. The highest BCUT2D eigenvalue weighted by molar-refractivity contribution is 4.90. The minimum atomic E-state index is 0.902. The molecule has 5 heteroatoms. The van der Waals surface area contributed by atoms with Crippen molar-refractivity contribution in [2.24, 2.45) is 7.05 Å². The Hall–Kier alpha value is -0.910. The monoisotopic (exact) mass is 239 g/mol. The Morgan fingerprint density at radius 3 is 2.53 bits per heavy atom. The van der Waals surface area contributed by atoms with Crippen LogP contribution in [-0.2, 0) is 13.6 Å². The Bertz CT molecular complexity index is 308. The highest BCUT2D eigenvalue weighted by Crippen LogP contribution is 1.98. The lowest BCUT2D eigenvalue weighted by Gasteiger charge is -2.17. The third kappa shape index (κ3) is 5.81. The lowest BCUT2D eigenvalue weighted by molar-refractivity contribution is 0.308. The molecular formula is C12H25N5. The number of aryl methyl sites for hydroxylation is 1. The van der Waals surface area contributed by atoms with Crippen LogP contribution >= 0.6 is 0 Å². The second-order valence-corrected chi connectivity index (χ2v) is 4.75. The summed E-state index contributed by atoms with van der Waals surface area (Å²) in [5.74, 6) is 1.11. The van der Waals surface area contributed by atoms with Crippen molar-refractivity contribution in [1.82, 2.24) is 24.7 Å². The summed E-state index contributed by atoms with van der Waals surface area (Å²) in [5, 5.41) is 3.43. The fourth-order valence-electron chi connectivity index (χ4n) is 1.57. The first-order valence-electron chi connectivity index (χ1n) is 6.10. The van der Waals surface area contributed by atoms with Gasteiger partial charge in [-0.3, -0.25) is 4.90 Å². The molecule has 0 saturated carbocycles. The Morgan fingerprint density at radius 1 is 1.24 bits per heavy atom. The van der Waals surface area contributed by atoms with Crippen molar-refractivity contribution < 1.29 is 0 Å². The summed E-state index contributed by atoms with van der Waals surface area (Å²) in [4.78, 5) is 8.79. The molecule has 98 valence electrons. The molecule has 1 N–H and O–H groups in total. The van der Waals surface area contributed by atoms with Gasteiger partial charge in [0.15, 0.2) is 0 Å². The summed E-state index contributed by atoms with van der Waals surface area (Å²) in [7, 11) is 8.34. The molecule has 1 aromatic heterocycles. The lowest BCUT2D eigenvalue weighted by Crippen LogP contribution is -2.33. The maximum absolute atomic E-state index is 4.32. The van der Waals surface area contributed by atoms with Gasteiger partial charge in [-0.1, -0.05) is 0 Å². The molecule has 1 aromatic rings. The van der Waals surface area contributed by atoms with E-state index >= 15 is 0 Å². The normalized spacial score (nSPS) is 11.6. The molecule has 0 unspecified atom stereocenters. The third-order valence-corrected chi connectivity index (χ3v) is 2.74. The van der Waals surface area contributed by atoms with Crippen LogP contribution in [0.25, 0.3) is 0 Å². The molecule has 0 spiro atoms. The molecule has 0 saturated heterocycles. The summed E-state index contributed by atoms with van der Waals surface area (Å²) < 4.78 is 2.07. The van der Waals surface area contributed by atoms with Gasteiger partial charge < -0.3 is 14.8 Å². The summed E-state index contributed by atoms with van der Waals surface area (Å²) in [5.41, 5.74) is 0. The Balaban J connectivity index is 2.09. The van der Waals surface area contributed by atoms with Crippen LogP contribution in [0.2, 0.25) is 0 Å². The van der Waals surface area contributed by atoms with Gasteiger partial charge in [-0.2, -0.15) is 0 Å². The SMILES string of the molecule is CN(C)CCNCCN(C)Cc1nccn1C. The van der Waals surface area contributed by atoms with Gasteiger partial charge >= 0.3 is 0 Å². The molecule has 1 heterocycles. The molecule has 0 atom stereocenters. The second-order valence-electron chi connectivity index (χ2n) is 4.75. The third-order valence-electron chi connectivity index (χ3n) is 2.74. The van der Waals surface area contributed by atoms with Gasteiger partial charge in [0.2, 0.25) is 0 Å². The van der Waals surface area contributed by atoms with E-state index in [-0.39, 0.29) is 0 Å². The van der Waals surface area contributed by atoms with Crippen LogP contribution in [0, 0.1) is 0 Å². The summed E-state index contributed by atoms with van der Waals surface area (Å²) in [6.45, 7) is 5.10. The molecule has 1 rings (SSSR count). The predicted molar refractivity (Wildman–Crippen MR) is 71.0 cm³/mol. The molecule has 0 aliphatic rings. The van der Waals surface area contributed by atoms with Gasteiger partial charge in [0, 0.05) is 45.6 Å². The van der Waals surface area contributed by atoms with Crippen molar-refractivity contribution in [2.45, 2.75) is 6.54 Å². The van der Waals surface area contributed by atoms with Crippen LogP contribution in [0.4, 0.5) is 0 Å². The minimum absolute atomic E-state index is 0.902. The van der Waals surface area contributed by atoms with Gasteiger partial charge in [0.25, 0.3) is 0 Å². The van der Waals surface area contributed by atoms with Crippen LogP contribution in [0.3, 0.4) is 0 Å². The predicted octanol–water partition coefficient (Wildman–Crippen LogP) is 0.00310. The van der Waals surface area contributed by atoms with E-state index < -0.39 is 0 Å². The zero-order valence-corrected chi connectivity index (χ0v) is 11.5. The zero-order chi connectivity index (χ0) is 12.7. The molecule has 0 bridgehead atoms. The van der Waals surface area contributed by atoms with Gasteiger partial charge in [0.1, 0.15) is 5.82 Å². The van der Waals surface area contributed by atoms with E-state index in [2.05, 4.69) is 45.8 Å². The van der Waals surface area contributed by atoms with Gasteiger partial charge in [0.05, 0.1) is 6.54 Å². The second kappa shape index (κ2) is 7.42. The molecule has 0 amide bonds. The first kappa shape index (κ1) is 14.2. The molecule has 0 aliphatic carbocycles. The highest BCUT2D eigenvalue weighted by atomic mass is 15.2. The maximum atomic E-state index is 4.32. The average Bonchev–Trinajstić information content (AvgIpc) is 2.63. The summed E-state index contributed by atoms with van der Waals surface area (Å²) in [6.07, 6.45) is 3.83. The fraction of sp³-hybridized carbons (Fsp3) is 0.750. The zero-order valence-electron chi connectivity index (χ0n) is 11.5. The summed E-state index contributed by atoms with van der Waals surface area (Å²) in [6, 6.07) is 0. The van der Waals surface area contributed by atoms with Crippen molar-refractivity contribution in [3.8, 4) is 0 Å². The first-order valence-corrected chi connectivity index (χ1v) is 6.10. The Morgan fingerprint density at radius 2 is 1.94 bits per heavy atom. The number of rotatable bonds is 8. The fourth-order valence-corrected chi connectivity index (χ4v) is 1.57. The highest BCUT2D eigenvalue weighted by Gasteiger charge is 2.03. The van der Waals surface area contributed by atoms with Gasteiger partial charge in [-0.25, -0.2) is 4.98 Å². The van der Waals surface area contributed by atoms with Crippen molar-refractivity contribution in [2.75, 3.05) is 47.3 Å². The molecule has 17 heavy (non-hydrogen) atoms. The number of nitrogens with one attached hydrogen (secondary N) is 1. The Labute approximate surface area is 104 Å². The Kier molecular flexibility index (Phi) is 6.18. The van der Waals surface area contributed by atoms with E-state index in [9.17, 15) is 0 Å². The van der Waals surface area contributed by atoms with E-state index in [0.717, 1.165) is 38.5 Å². The summed E-state index contributed by atoms with van der Waals surface area (Å²) >= 11 is 0. The van der Waals surface area contributed by atoms with Crippen LogP contribution in [0.15, 0.2) is 12.4 Å². The van der Waals surface area contributed by atoms with Crippen molar-refractivity contribution in [1.29, 1.82) is 0 Å². The smallest absolute Gasteiger partial charge is 0.122 e. The molecule has 0 aromatic carbocycles. The van der Waals surface area contributed by atoms with E-state index in [1.54, 1.807) is 0 Å². The minimum Gasteiger partial charge on any atom is -0.337 e. The van der Waals surface area contributed by atoms with Crippen molar-refractivity contribution in [3.05, 3.63) is 18.2 Å². The molecule has 0 radical (unpaired) electrons. The van der Waals surface area contributed by atoms with E-state index in [1.165, 1.54) is 0 Å².